The Morgan fingerprint density at radius 1 is 1.60 bits per heavy atom. The summed E-state index contributed by atoms with van der Waals surface area (Å²) in [4.78, 5) is 14.0. The zero-order valence-corrected chi connectivity index (χ0v) is 9.25. The van der Waals surface area contributed by atoms with E-state index >= 15 is 0 Å². The molecule has 0 amide bonds. The molecule has 1 aromatic rings. The number of unbranched alkanes of at least 4 members (excludes halogenated alkanes) is 1. The van der Waals surface area contributed by atoms with E-state index in [2.05, 4.69) is 22.7 Å². The van der Waals surface area contributed by atoms with E-state index in [0.29, 0.717) is 0 Å². The van der Waals surface area contributed by atoms with Gasteiger partial charge in [0.2, 0.25) is 0 Å². The molecule has 15 heavy (non-hydrogen) atoms. The second kappa shape index (κ2) is 6.06. The van der Waals surface area contributed by atoms with E-state index in [1.807, 2.05) is 6.20 Å². The smallest absolute Gasteiger partial charge is 0.330 e. The van der Waals surface area contributed by atoms with Gasteiger partial charge in [-0.15, -0.1) is 0 Å². The number of carbonyl (C=O) groups excluding carboxylic acids is 1. The van der Waals surface area contributed by atoms with Crippen molar-refractivity contribution in [1.29, 1.82) is 0 Å². The van der Waals surface area contributed by atoms with Crippen molar-refractivity contribution in [3.05, 3.63) is 29.6 Å². The van der Waals surface area contributed by atoms with Gasteiger partial charge in [0.1, 0.15) is 0 Å². The molecule has 0 radical (unpaired) electrons. The Morgan fingerprint density at radius 3 is 3.07 bits per heavy atom. The van der Waals surface area contributed by atoms with E-state index in [1.54, 1.807) is 6.08 Å². The summed E-state index contributed by atoms with van der Waals surface area (Å²) >= 11 is 0. The highest BCUT2D eigenvalue weighted by Crippen LogP contribution is 2.08. The maximum atomic E-state index is 10.8. The highest BCUT2D eigenvalue weighted by Gasteiger charge is 1.97. The van der Waals surface area contributed by atoms with E-state index in [9.17, 15) is 4.79 Å². The minimum absolute atomic E-state index is 0.327. The number of hydrogen-bond donors (Lipinski definition) is 1. The molecule has 3 nitrogen and oxygen atoms in total. The predicted octanol–water partition coefficient (Wildman–Crippen LogP) is 2.54. The number of aryl methyl sites for hydroxylation is 1. The molecule has 3 heteroatoms. The van der Waals surface area contributed by atoms with Gasteiger partial charge in [-0.3, -0.25) is 0 Å². The van der Waals surface area contributed by atoms with Crippen molar-refractivity contribution in [2.45, 2.75) is 26.2 Å². The Balaban J connectivity index is 2.52. The van der Waals surface area contributed by atoms with Crippen LogP contribution in [0.4, 0.5) is 0 Å². The van der Waals surface area contributed by atoms with Crippen molar-refractivity contribution >= 4 is 12.0 Å². The number of H-pyrrole nitrogens is 1. The monoisotopic (exact) mass is 207 g/mol. The summed E-state index contributed by atoms with van der Waals surface area (Å²) in [5.74, 6) is -0.327. The third kappa shape index (κ3) is 4.02. The normalized spacial score (nSPS) is 10.8. The minimum atomic E-state index is -0.327. The van der Waals surface area contributed by atoms with Gasteiger partial charge >= 0.3 is 5.97 Å². The number of hydrogen-bond acceptors (Lipinski definition) is 2. The van der Waals surface area contributed by atoms with Crippen LogP contribution in [0.15, 0.2) is 18.3 Å². The predicted molar refractivity (Wildman–Crippen MR) is 60.5 cm³/mol. The van der Waals surface area contributed by atoms with Crippen LogP contribution in [0.1, 0.15) is 31.0 Å². The van der Waals surface area contributed by atoms with E-state index in [0.717, 1.165) is 12.0 Å². The molecule has 0 saturated heterocycles. The largest absolute Gasteiger partial charge is 0.466 e. The molecule has 0 bridgehead atoms. The Hall–Kier alpha value is -1.51. The van der Waals surface area contributed by atoms with Gasteiger partial charge in [-0.25, -0.2) is 4.79 Å². The fourth-order valence-corrected chi connectivity index (χ4v) is 1.30. The molecule has 0 aliphatic heterocycles. The number of ether oxygens (including phenoxy) is 1. The van der Waals surface area contributed by atoms with E-state index < -0.39 is 0 Å². The number of rotatable bonds is 5. The highest BCUT2D eigenvalue weighted by atomic mass is 16.5. The van der Waals surface area contributed by atoms with Crippen LogP contribution in [0.5, 0.6) is 0 Å². The lowest BCUT2D eigenvalue weighted by atomic mass is 10.2. The van der Waals surface area contributed by atoms with Crippen molar-refractivity contribution in [2.24, 2.45) is 0 Å². The number of carbonyl (C=O) groups is 1. The fraction of sp³-hybridized carbons (Fsp3) is 0.417. The molecule has 0 aliphatic carbocycles. The fourth-order valence-electron chi connectivity index (χ4n) is 1.30. The lowest BCUT2D eigenvalue weighted by Crippen LogP contribution is -1.92. The van der Waals surface area contributed by atoms with Crippen molar-refractivity contribution in [1.82, 2.24) is 4.98 Å². The average molecular weight is 207 g/mol. The molecular weight excluding hydrogens is 190 g/mol. The van der Waals surface area contributed by atoms with Crippen LogP contribution in [0.2, 0.25) is 0 Å². The summed E-state index contributed by atoms with van der Waals surface area (Å²) in [6, 6.07) is 2.05. The van der Waals surface area contributed by atoms with Crippen molar-refractivity contribution < 1.29 is 9.53 Å². The van der Waals surface area contributed by atoms with E-state index in [1.165, 1.54) is 31.7 Å². The van der Waals surface area contributed by atoms with Gasteiger partial charge in [-0.2, -0.15) is 0 Å². The van der Waals surface area contributed by atoms with Gasteiger partial charge < -0.3 is 9.72 Å². The zero-order chi connectivity index (χ0) is 11.1. The Morgan fingerprint density at radius 2 is 2.40 bits per heavy atom. The van der Waals surface area contributed by atoms with Crippen LogP contribution >= 0.6 is 0 Å². The number of esters is 1. The molecule has 1 aromatic heterocycles. The Kier molecular flexibility index (Phi) is 4.68. The number of methoxy groups -OCH3 is 1. The highest BCUT2D eigenvalue weighted by molar-refractivity contribution is 5.86. The van der Waals surface area contributed by atoms with E-state index in [4.69, 9.17) is 0 Å². The molecule has 1 N–H and O–H groups in total. The first-order chi connectivity index (χ1) is 7.26. The first-order valence-corrected chi connectivity index (χ1v) is 5.19. The minimum Gasteiger partial charge on any atom is -0.466 e. The molecule has 1 rings (SSSR count). The van der Waals surface area contributed by atoms with Crippen LogP contribution in [0.25, 0.3) is 6.08 Å². The van der Waals surface area contributed by atoms with E-state index in [-0.39, 0.29) is 5.97 Å². The van der Waals surface area contributed by atoms with Crippen LogP contribution in [-0.2, 0) is 16.0 Å². The summed E-state index contributed by atoms with van der Waals surface area (Å²) in [5.41, 5.74) is 2.22. The quantitative estimate of drug-likeness (QED) is 0.595. The SMILES string of the molecule is CCCCc1cc(/C=C/C(=O)OC)c[nH]1. The average Bonchev–Trinajstić information content (AvgIpc) is 2.71. The summed E-state index contributed by atoms with van der Waals surface area (Å²) in [6.07, 6.45) is 8.49. The standard InChI is InChI=1S/C12H17NO2/c1-3-4-5-11-8-10(9-13-11)6-7-12(14)15-2/h6-9,13H,3-5H2,1-2H3/b7-6+. The van der Waals surface area contributed by atoms with Gasteiger partial charge in [0.25, 0.3) is 0 Å². The van der Waals surface area contributed by atoms with Gasteiger partial charge in [0.05, 0.1) is 7.11 Å². The van der Waals surface area contributed by atoms with Crippen LogP contribution < -0.4 is 0 Å². The third-order valence-electron chi connectivity index (χ3n) is 2.18. The van der Waals surface area contributed by atoms with Crippen molar-refractivity contribution in [2.75, 3.05) is 7.11 Å². The second-order valence-electron chi connectivity index (χ2n) is 3.42. The lowest BCUT2D eigenvalue weighted by molar-refractivity contribution is -0.134. The van der Waals surface area contributed by atoms with Crippen LogP contribution in [0.3, 0.4) is 0 Å². The molecule has 82 valence electrons. The molecule has 0 unspecified atom stereocenters. The third-order valence-corrected chi connectivity index (χ3v) is 2.18. The zero-order valence-electron chi connectivity index (χ0n) is 9.25. The summed E-state index contributed by atoms with van der Waals surface area (Å²) in [5, 5.41) is 0. The van der Waals surface area contributed by atoms with Crippen molar-refractivity contribution in [3.63, 3.8) is 0 Å². The number of nitrogens with one attached hydrogen (secondary N) is 1. The number of aromatic amines is 1. The lowest BCUT2D eigenvalue weighted by Gasteiger charge is -1.92. The molecule has 0 aliphatic rings. The van der Waals surface area contributed by atoms with Gasteiger partial charge in [0.15, 0.2) is 0 Å². The molecule has 0 spiro atoms. The molecule has 0 atom stereocenters. The Labute approximate surface area is 90.1 Å². The molecule has 0 aromatic carbocycles. The first kappa shape index (κ1) is 11.6. The molecule has 0 saturated carbocycles. The van der Waals surface area contributed by atoms with Crippen LogP contribution in [0, 0.1) is 0 Å². The summed E-state index contributed by atoms with van der Waals surface area (Å²) < 4.78 is 4.51. The summed E-state index contributed by atoms with van der Waals surface area (Å²) in [6.45, 7) is 2.17. The Bertz CT molecular complexity index is 339. The maximum Gasteiger partial charge on any atom is 0.330 e. The molecule has 0 fully saturated rings. The first-order valence-electron chi connectivity index (χ1n) is 5.19. The van der Waals surface area contributed by atoms with Crippen LogP contribution in [-0.4, -0.2) is 18.1 Å². The van der Waals surface area contributed by atoms with Gasteiger partial charge in [0, 0.05) is 18.0 Å². The molecule has 1 heterocycles. The summed E-state index contributed by atoms with van der Waals surface area (Å²) in [7, 11) is 1.37. The van der Waals surface area contributed by atoms with Gasteiger partial charge in [-0.05, 0) is 30.5 Å². The molecular formula is C12H17NO2. The van der Waals surface area contributed by atoms with Gasteiger partial charge in [-0.1, -0.05) is 13.3 Å². The second-order valence-corrected chi connectivity index (χ2v) is 3.42. The maximum absolute atomic E-state index is 10.8. The topological polar surface area (TPSA) is 42.1 Å². The van der Waals surface area contributed by atoms with Crippen molar-refractivity contribution in [3.8, 4) is 0 Å². The number of aromatic nitrogens is 1.